The first-order valence-corrected chi connectivity index (χ1v) is 9.08. The quantitative estimate of drug-likeness (QED) is 0.284. The maximum absolute atomic E-state index is 10.1. The molecular formula is C16H32OS. The van der Waals surface area contributed by atoms with Crippen LogP contribution in [0.2, 0.25) is 0 Å². The lowest BCUT2D eigenvalue weighted by molar-refractivity contribution is -0.107. The van der Waals surface area contributed by atoms with Crippen molar-refractivity contribution in [2.75, 3.05) is 11.5 Å². The van der Waals surface area contributed by atoms with Gasteiger partial charge in [-0.25, -0.2) is 0 Å². The summed E-state index contributed by atoms with van der Waals surface area (Å²) < 4.78 is 0. The van der Waals surface area contributed by atoms with Crippen molar-refractivity contribution in [3.8, 4) is 0 Å². The van der Waals surface area contributed by atoms with Crippen molar-refractivity contribution >= 4 is 18.0 Å². The molecule has 0 aromatic heterocycles. The molecule has 0 heterocycles. The zero-order valence-corrected chi connectivity index (χ0v) is 13.1. The van der Waals surface area contributed by atoms with Gasteiger partial charge < -0.3 is 4.79 Å². The number of rotatable bonds is 15. The average molecular weight is 272 g/mol. The Morgan fingerprint density at radius 1 is 0.722 bits per heavy atom. The Labute approximate surface area is 118 Å². The lowest BCUT2D eigenvalue weighted by atomic mass is 10.1. The molecule has 0 atom stereocenters. The molecule has 18 heavy (non-hydrogen) atoms. The lowest BCUT2D eigenvalue weighted by Gasteiger charge is -2.02. The second-order valence-corrected chi connectivity index (χ2v) is 6.33. The Hall–Kier alpha value is 0.0200. The number of hydrogen-bond acceptors (Lipinski definition) is 2. The molecule has 0 bridgehead atoms. The molecule has 0 spiro atoms. The van der Waals surface area contributed by atoms with Gasteiger partial charge in [-0.3, -0.25) is 0 Å². The number of hydrogen-bond donors (Lipinski definition) is 0. The standard InChI is InChI=1S/C16H32OS/c1-2-3-4-5-9-12-15-18-16-13-10-7-6-8-11-14-17/h14H,2-13,15-16H2,1H3. The number of carbonyl (C=O) groups excluding carboxylic acids is 1. The molecule has 108 valence electrons. The summed E-state index contributed by atoms with van der Waals surface area (Å²) in [6, 6.07) is 0. The minimum Gasteiger partial charge on any atom is -0.303 e. The third kappa shape index (κ3) is 16.0. The molecule has 2 heteroatoms. The smallest absolute Gasteiger partial charge is 0.119 e. The second kappa shape index (κ2) is 17.0. The molecule has 0 radical (unpaired) electrons. The summed E-state index contributed by atoms with van der Waals surface area (Å²) >= 11 is 2.13. The van der Waals surface area contributed by atoms with Gasteiger partial charge in [0.25, 0.3) is 0 Å². The summed E-state index contributed by atoms with van der Waals surface area (Å²) in [6.07, 6.45) is 16.6. The predicted octanol–water partition coefficient (Wildman–Crippen LogP) is 5.62. The van der Waals surface area contributed by atoms with Gasteiger partial charge in [0.2, 0.25) is 0 Å². The summed E-state index contributed by atoms with van der Waals surface area (Å²) in [4.78, 5) is 10.1. The Morgan fingerprint density at radius 3 is 1.78 bits per heavy atom. The van der Waals surface area contributed by atoms with E-state index in [1.807, 2.05) is 0 Å². The minimum absolute atomic E-state index is 0.757. The van der Waals surface area contributed by atoms with Crippen LogP contribution in [0.1, 0.15) is 84.0 Å². The van der Waals surface area contributed by atoms with Crippen LogP contribution >= 0.6 is 11.8 Å². The molecule has 0 amide bonds. The van der Waals surface area contributed by atoms with E-state index >= 15 is 0 Å². The Kier molecular flexibility index (Phi) is 17.0. The van der Waals surface area contributed by atoms with Crippen molar-refractivity contribution in [2.24, 2.45) is 0 Å². The highest BCUT2D eigenvalue weighted by Crippen LogP contribution is 2.12. The SMILES string of the molecule is CCCCCCCCSCCCCCCCC=O. The van der Waals surface area contributed by atoms with E-state index in [2.05, 4.69) is 18.7 Å². The largest absolute Gasteiger partial charge is 0.303 e. The van der Waals surface area contributed by atoms with Gasteiger partial charge in [-0.1, -0.05) is 58.3 Å². The molecule has 0 aromatic carbocycles. The van der Waals surface area contributed by atoms with Gasteiger partial charge in [0.15, 0.2) is 0 Å². The van der Waals surface area contributed by atoms with Crippen molar-refractivity contribution < 1.29 is 4.79 Å². The molecule has 0 aliphatic heterocycles. The number of aldehydes is 1. The van der Waals surface area contributed by atoms with Crippen molar-refractivity contribution in [3.63, 3.8) is 0 Å². The summed E-state index contributed by atoms with van der Waals surface area (Å²) in [5.41, 5.74) is 0. The first-order valence-electron chi connectivity index (χ1n) is 7.93. The molecule has 1 nitrogen and oxygen atoms in total. The third-order valence-corrected chi connectivity index (χ3v) is 4.41. The van der Waals surface area contributed by atoms with Gasteiger partial charge in [-0.05, 0) is 30.8 Å². The minimum atomic E-state index is 0.757. The average Bonchev–Trinajstić information content (AvgIpc) is 2.39. The second-order valence-electron chi connectivity index (χ2n) is 5.10. The monoisotopic (exact) mass is 272 g/mol. The van der Waals surface area contributed by atoms with Crippen molar-refractivity contribution in [1.29, 1.82) is 0 Å². The summed E-state index contributed by atoms with van der Waals surface area (Å²) in [6.45, 7) is 2.27. The summed E-state index contributed by atoms with van der Waals surface area (Å²) in [7, 11) is 0. The van der Waals surface area contributed by atoms with Crippen molar-refractivity contribution in [2.45, 2.75) is 84.0 Å². The predicted molar refractivity (Wildman–Crippen MR) is 84.5 cm³/mol. The van der Waals surface area contributed by atoms with E-state index in [4.69, 9.17) is 0 Å². The Bertz CT molecular complexity index is 159. The highest BCUT2D eigenvalue weighted by atomic mass is 32.2. The van der Waals surface area contributed by atoms with Gasteiger partial charge in [-0.15, -0.1) is 0 Å². The van der Waals surface area contributed by atoms with E-state index in [0.29, 0.717) is 0 Å². The normalized spacial score (nSPS) is 10.7. The molecule has 0 N–H and O–H groups in total. The van der Waals surface area contributed by atoms with Crippen LogP contribution in [0, 0.1) is 0 Å². The van der Waals surface area contributed by atoms with E-state index in [1.165, 1.54) is 75.7 Å². The highest BCUT2D eigenvalue weighted by Gasteiger charge is 1.93. The summed E-state index contributed by atoms with van der Waals surface area (Å²) in [5, 5.41) is 0. The lowest BCUT2D eigenvalue weighted by Crippen LogP contribution is -1.86. The first-order chi connectivity index (χ1) is 8.91. The number of thioether (sulfide) groups is 1. The van der Waals surface area contributed by atoms with Gasteiger partial charge in [-0.2, -0.15) is 11.8 Å². The van der Waals surface area contributed by atoms with E-state index in [1.54, 1.807) is 0 Å². The van der Waals surface area contributed by atoms with Crippen LogP contribution < -0.4 is 0 Å². The molecule has 0 unspecified atom stereocenters. The van der Waals surface area contributed by atoms with E-state index in [9.17, 15) is 4.79 Å². The van der Waals surface area contributed by atoms with Crippen LogP contribution in [0.5, 0.6) is 0 Å². The fourth-order valence-electron chi connectivity index (χ4n) is 2.05. The Morgan fingerprint density at radius 2 is 1.22 bits per heavy atom. The van der Waals surface area contributed by atoms with Crippen LogP contribution in [0.15, 0.2) is 0 Å². The summed E-state index contributed by atoms with van der Waals surface area (Å²) in [5.74, 6) is 2.69. The molecule has 0 rings (SSSR count). The van der Waals surface area contributed by atoms with E-state index < -0.39 is 0 Å². The highest BCUT2D eigenvalue weighted by molar-refractivity contribution is 7.99. The zero-order valence-electron chi connectivity index (χ0n) is 12.3. The molecule has 0 saturated heterocycles. The first kappa shape index (κ1) is 18.0. The third-order valence-electron chi connectivity index (χ3n) is 3.25. The maximum atomic E-state index is 10.1. The number of carbonyl (C=O) groups is 1. The topological polar surface area (TPSA) is 17.1 Å². The van der Waals surface area contributed by atoms with Gasteiger partial charge in [0.05, 0.1) is 0 Å². The fourth-order valence-corrected chi connectivity index (χ4v) is 3.07. The van der Waals surface area contributed by atoms with Crippen molar-refractivity contribution in [1.82, 2.24) is 0 Å². The molecule has 0 aliphatic carbocycles. The number of unbranched alkanes of at least 4 members (excludes halogenated alkanes) is 10. The van der Waals surface area contributed by atoms with Gasteiger partial charge >= 0.3 is 0 Å². The molecule has 0 fully saturated rings. The Balaban J connectivity index is 2.88. The van der Waals surface area contributed by atoms with Gasteiger partial charge in [0.1, 0.15) is 6.29 Å². The maximum Gasteiger partial charge on any atom is 0.119 e. The van der Waals surface area contributed by atoms with E-state index in [0.717, 1.165) is 19.1 Å². The molecule has 0 saturated carbocycles. The van der Waals surface area contributed by atoms with Crippen LogP contribution in [0.3, 0.4) is 0 Å². The van der Waals surface area contributed by atoms with Crippen LogP contribution in [-0.4, -0.2) is 17.8 Å². The van der Waals surface area contributed by atoms with Gasteiger partial charge in [0, 0.05) is 6.42 Å². The van der Waals surface area contributed by atoms with Crippen LogP contribution in [0.25, 0.3) is 0 Å². The zero-order chi connectivity index (χ0) is 13.3. The molecule has 0 aliphatic rings. The molecular weight excluding hydrogens is 240 g/mol. The molecule has 0 aromatic rings. The van der Waals surface area contributed by atoms with E-state index in [-0.39, 0.29) is 0 Å². The van der Waals surface area contributed by atoms with Crippen molar-refractivity contribution in [3.05, 3.63) is 0 Å². The fraction of sp³-hybridized carbons (Fsp3) is 0.938. The van der Waals surface area contributed by atoms with Crippen LogP contribution in [0.4, 0.5) is 0 Å². The van der Waals surface area contributed by atoms with Crippen LogP contribution in [-0.2, 0) is 4.79 Å².